The summed E-state index contributed by atoms with van der Waals surface area (Å²) in [6.45, 7) is 18.7. The van der Waals surface area contributed by atoms with E-state index >= 15 is 4.39 Å². The number of ketones is 1. The van der Waals surface area contributed by atoms with Crippen molar-refractivity contribution >= 4 is 40.6 Å². The van der Waals surface area contributed by atoms with Gasteiger partial charge in [0, 0.05) is 49.6 Å². The molecule has 1 heterocycles. The number of aryl methyl sites for hydroxylation is 2. The molecule has 4 rings (SSSR count). The topological polar surface area (TPSA) is 50.2 Å². The minimum absolute atomic E-state index is 0. The maximum absolute atomic E-state index is 15.2. The third-order valence-corrected chi connectivity index (χ3v) is 10.2. The van der Waals surface area contributed by atoms with Gasteiger partial charge in [-0.25, -0.2) is 4.39 Å². The number of aliphatic hydroxyl groups is 1. The molecule has 0 saturated carbocycles. The first-order chi connectivity index (χ1) is 19.9. The molecular weight excluding hydrogens is 730 g/mol. The molecule has 0 bridgehead atoms. The molecule has 0 saturated heterocycles. The number of allylic oxidation sites excluding steroid dienone is 2. The van der Waals surface area contributed by atoms with Crippen LogP contribution in [0.4, 0.5) is 4.39 Å². The number of pyridine rings is 1. The summed E-state index contributed by atoms with van der Waals surface area (Å²) < 4.78 is 15.2. The smallest absolute Gasteiger partial charge is 0.162 e. The monoisotopic (exact) mass is 777 g/mol. The third kappa shape index (κ3) is 8.71. The van der Waals surface area contributed by atoms with Crippen molar-refractivity contribution in [3.8, 4) is 11.3 Å². The number of aliphatic hydroxyl groups excluding tert-OH is 1. The van der Waals surface area contributed by atoms with E-state index in [1.807, 2.05) is 65.1 Å². The van der Waals surface area contributed by atoms with E-state index in [0.717, 1.165) is 63.8 Å². The SMILES string of the molecule is CCC(CC)C(=O)/C=C(\O)C(CC)CC.Cc1[c-]c(-c2nccc3c2ccc2c(F)c([Si](C)(C)C)ccc23)cc(C)c1.[Ir]. The van der Waals surface area contributed by atoms with E-state index in [1.165, 1.54) is 11.6 Å². The summed E-state index contributed by atoms with van der Waals surface area (Å²) in [5.41, 5.74) is 4.16. The first kappa shape index (κ1) is 36.5. The van der Waals surface area contributed by atoms with Gasteiger partial charge < -0.3 is 10.1 Å². The van der Waals surface area contributed by atoms with E-state index in [1.54, 1.807) is 0 Å². The third-order valence-electron chi connectivity index (χ3n) is 8.17. The Bertz CT molecular complexity index is 1560. The summed E-state index contributed by atoms with van der Waals surface area (Å²) in [5.74, 6) is 0.482. The fraction of sp³-hybridized carbons (Fsp3) is 0.405. The molecule has 4 aromatic rings. The number of benzene rings is 3. The van der Waals surface area contributed by atoms with Gasteiger partial charge in [0.05, 0.1) is 13.8 Å². The Morgan fingerprint density at radius 2 is 1.44 bits per heavy atom. The maximum Gasteiger partial charge on any atom is 0.162 e. The standard InChI is InChI=1S/C24H23FNSi.C13H24O2.Ir/c1-15-12-16(2)14-17(13-15)24-21-7-6-20-18(19(21)10-11-26-24)8-9-22(23(20)25)27(3,4)5;1-5-10(6-2)12(14)9-13(15)11(7-3)8-4;/h6-13H,1-5H3;9-11,14H,5-8H2,1-4H3;/q-1;;/b;12-9-;. The molecule has 0 aliphatic rings. The molecule has 6 heteroatoms. The molecule has 0 atom stereocenters. The van der Waals surface area contributed by atoms with Gasteiger partial charge in [0.25, 0.3) is 0 Å². The van der Waals surface area contributed by atoms with Gasteiger partial charge in [0.15, 0.2) is 5.78 Å². The molecule has 0 fully saturated rings. The van der Waals surface area contributed by atoms with Crippen molar-refractivity contribution < 1.29 is 34.4 Å². The Morgan fingerprint density at radius 3 is 2.00 bits per heavy atom. The van der Waals surface area contributed by atoms with Crippen LogP contribution in [0.2, 0.25) is 19.6 Å². The van der Waals surface area contributed by atoms with Crippen LogP contribution in [-0.4, -0.2) is 23.9 Å². The van der Waals surface area contributed by atoms with E-state index in [9.17, 15) is 9.90 Å². The van der Waals surface area contributed by atoms with Crippen LogP contribution < -0.4 is 5.19 Å². The Labute approximate surface area is 272 Å². The molecule has 43 heavy (non-hydrogen) atoms. The van der Waals surface area contributed by atoms with Gasteiger partial charge in [-0.15, -0.1) is 34.9 Å². The largest absolute Gasteiger partial charge is 0.512 e. The molecule has 0 unspecified atom stereocenters. The first-order valence-corrected chi connectivity index (χ1v) is 18.8. The second-order valence-electron chi connectivity index (χ2n) is 12.3. The van der Waals surface area contributed by atoms with Crippen molar-refractivity contribution in [1.29, 1.82) is 0 Å². The molecule has 0 aliphatic heterocycles. The van der Waals surface area contributed by atoms with Crippen LogP contribution in [-0.2, 0) is 24.9 Å². The average molecular weight is 777 g/mol. The number of carbonyl (C=O) groups is 1. The van der Waals surface area contributed by atoms with Crippen LogP contribution in [0.25, 0.3) is 32.8 Å². The first-order valence-electron chi connectivity index (χ1n) is 15.3. The molecule has 1 radical (unpaired) electrons. The summed E-state index contributed by atoms with van der Waals surface area (Å²) in [4.78, 5) is 16.3. The van der Waals surface area contributed by atoms with E-state index in [-0.39, 0.29) is 49.3 Å². The maximum atomic E-state index is 15.2. The van der Waals surface area contributed by atoms with Gasteiger partial charge in [-0.2, -0.15) is 0 Å². The Morgan fingerprint density at radius 1 is 0.884 bits per heavy atom. The fourth-order valence-corrected chi connectivity index (χ4v) is 7.01. The summed E-state index contributed by atoms with van der Waals surface area (Å²) in [6, 6.07) is 17.6. The second-order valence-corrected chi connectivity index (χ2v) is 17.4. The fourth-order valence-electron chi connectivity index (χ4n) is 5.63. The van der Waals surface area contributed by atoms with Gasteiger partial charge in [0.1, 0.15) is 5.82 Å². The van der Waals surface area contributed by atoms with Crippen molar-refractivity contribution in [2.75, 3.05) is 0 Å². The molecule has 0 spiro atoms. The second kappa shape index (κ2) is 15.9. The molecular formula is C37H47FIrNO2Si-. The molecule has 0 amide bonds. The van der Waals surface area contributed by atoms with Crippen LogP contribution in [0.3, 0.4) is 0 Å². The number of rotatable bonds is 9. The number of hydrogen-bond acceptors (Lipinski definition) is 3. The molecule has 1 N–H and O–H groups in total. The van der Waals surface area contributed by atoms with Crippen molar-refractivity contribution in [2.24, 2.45) is 11.8 Å². The normalized spacial score (nSPS) is 12.0. The zero-order valence-corrected chi connectivity index (χ0v) is 30.6. The van der Waals surface area contributed by atoms with Crippen molar-refractivity contribution in [2.45, 2.75) is 86.9 Å². The van der Waals surface area contributed by atoms with E-state index < -0.39 is 8.07 Å². The molecule has 3 nitrogen and oxygen atoms in total. The van der Waals surface area contributed by atoms with Crippen LogP contribution >= 0.6 is 0 Å². The quantitative estimate of drug-likeness (QED) is 0.0606. The number of hydrogen-bond donors (Lipinski definition) is 1. The van der Waals surface area contributed by atoms with E-state index in [4.69, 9.17) is 0 Å². The Balaban J connectivity index is 0.000000348. The van der Waals surface area contributed by atoms with E-state index in [0.29, 0.717) is 5.39 Å². The van der Waals surface area contributed by atoms with Gasteiger partial charge in [0.2, 0.25) is 0 Å². The number of carbonyl (C=O) groups excluding carboxylic acids is 1. The van der Waals surface area contributed by atoms with Gasteiger partial charge in [-0.05, 0) is 58.8 Å². The van der Waals surface area contributed by atoms with Gasteiger partial charge in [-0.1, -0.05) is 85.4 Å². The van der Waals surface area contributed by atoms with Gasteiger partial charge >= 0.3 is 0 Å². The Kier molecular flexibility index (Phi) is 13.5. The zero-order chi connectivity index (χ0) is 31.2. The summed E-state index contributed by atoms with van der Waals surface area (Å²) in [5, 5.41) is 14.4. The minimum atomic E-state index is -1.73. The molecule has 233 valence electrons. The van der Waals surface area contributed by atoms with Crippen LogP contribution in [0.5, 0.6) is 0 Å². The predicted octanol–water partition coefficient (Wildman–Crippen LogP) is 10.0. The van der Waals surface area contributed by atoms with Crippen molar-refractivity contribution in [1.82, 2.24) is 4.98 Å². The average Bonchev–Trinajstić information content (AvgIpc) is 2.93. The predicted molar refractivity (Wildman–Crippen MR) is 180 cm³/mol. The zero-order valence-electron chi connectivity index (χ0n) is 27.2. The summed E-state index contributed by atoms with van der Waals surface area (Å²) >= 11 is 0. The van der Waals surface area contributed by atoms with Crippen molar-refractivity contribution in [3.05, 3.63) is 83.5 Å². The van der Waals surface area contributed by atoms with E-state index in [2.05, 4.69) is 55.8 Å². The van der Waals surface area contributed by atoms with Gasteiger partial charge in [-0.3, -0.25) is 4.79 Å². The van der Waals surface area contributed by atoms with Crippen LogP contribution in [0, 0.1) is 37.6 Å². The summed E-state index contributed by atoms with van der Waals surface area (Å²) in [7, 11) is -1.73. The van der Waals surface area contributed by atoms with Crippen LogP contribution in [0.15, 0.2) is 60.5 Å². The number of aromatic nitrogens is 1. The minimum Gasteiger partial charge on any atom is -0.512 e. The molecule has 1 aromatic heterocycles. The van der Waals surface area contributed by atoms with Crippen LogP contribution in [0.1, 0.15) is 64.5 Å². The van der Waals surface area contributed by atoms with Crippen molar-refractivity contribution in [3.63, 3.8) is 0 Å². The number of fused-ring (bicyclic) bond motifs is 3. The molecule has 0 aliphatic carbocycles. The Hall–Kier alpha value is -2.66. The number of nitrogens with zero attached hydrogens (tertiary/aromatic N) is 1. The molecule has 3 aromatic carbocycles. The summed E-state index contributed by atoms with van der Waals surface area (Å²) in [6.07, 6.45) is 6.72. The number of halogens is 1.